The molecule has 0 bridgehead atoms. The molecule has 3 fully saturated rings. The Bertz CT molecular complexity index is 682. The summed E-state index contributed by atoms with van der Waals surface area (Å²) in [5.74, 6) is 4.91. The van der Waals surface area contributed by atoms with Crippen molar-refractivity contribution in [3.05, 3.63) is 11.6 Å². The van der Waals surface area contributed by atoms with Gasteiger partial charge in [0.1, 0.15) is 0 Å². The molecule has 3 unspecified atom stereocenters. The van der Waals surface area contributed by atoms with Crippen LogP contribution in [0.1, 0.15) is 112 Å². The van der Waals surface area contributed by atoms with Gasteiger partial charge in [-0.25, -0.2) is 0 Å². The predicted octanol–water partition coefficient (Wildman–Crippen LogP) is 7.39. The lowest BCUT2D eigenvalue weighted by atomic mass is 9.47. The summed E-state index contributed by atoms with van der Waals surface area (Å²) < 4.78 is 0. The summed E-state index contributed by atoms with van der Waals surface area (Å²) in [6, 6.07) is 0. The van der Waals surface area contributed by atoms with Crippen molar-refractivity contribution in [3.8, 4) is 0 Å². The molecule has 0 radical (unpaired) electrons. The van der Waals surface area contributed by atoms with E-state index in [1.165, 1.54) is 44.9 Å². The number of hydrogen-bond donors (Lipinski definition) is 2. The third-order valence-electron chi connectivity index (χ3n) is 11.4. The molecular weight excluding hydrogens is 392 g/mol. The van der Waals surface area contributed by atoms with E-state index in [0.29, 0.717) is 28.6 Å². The zero-order chi connectivity index (χ0) is 23.3. The molecule has 2 nitrogen and oxygen atoms in total. The fraction of sp³-hybridized carbons (Fsp3) is 0.933. The quantitative estimate of drug-likeness (QED) is 0.402. The highest BCUT2D eigenvalue weighted by molar-refractivity contribution is 5.25. The Balaban J connectivity index is 1.48. The molecule has 184 valence electrons. The Morgan fingerprint density at radius 2 is 1.78 bits per heavy atom. The van der Waals surface area contributed by atoms with Crippen LogP contribution in [0.2, 0.25) is 0 Å². The van der Waals surface area contributed by atoms with E-state index in [1.807, 2.05) is 0 Å². The topological polar surface area (TPSA) is 40.5 Å². The van der Waals surface area contributed by atoms with Crippen molar-refractivity contribution in [2.45, 2.75) is 124 Å². The van der Waals surface area contributed by atoms with Gasteiger partial charge >= 0.3 is 0 Å². The lowest BCUT2D eigenvalue weighted by Gasteiger charge is -2.58. The monoisotopic (exact) mass is 444 g/mol. The molecular formula is C30H52O2. The molecule has 0 aliphatic heterocycles. The van der Waals surface area contributed by atoms with Gasteiger partial charge in [-0.05, 0) is 116 Å². The van der Waals surface area contributed by atoms with Crippen LogP contribution in [0.3, 0.4) is 0 Å². The van der Waals surface area contributed by atoms with Crippen molar-refractivity contribution in [1.82, 2.24) is 0 Å². The highest BCUT2D eigenvalue weighted by atomic mass is 16.3. The smallest absolute Gasteiger partial charge is 0.0577 e. The van der Waals surface area contributed by atoms with Crippen molar-refractivity contribution in [2.24, 2.45) is 52.3 Å². The maximum absolute atomic E-state index is 11.2. The molecule has 2 heteroatoms. The summed E-state index contributed by atoms with van der Waals surface area (Å²) >= 11 is 0. The van der Waals surface area contributed by atoms with Crippen molar-refractivity contribution >= 4 is 0 Å². The molecule has 0 saturated heterocycles. The summed E-state index contributed by atoms with van der Waals surface area (Å²) in [6.07, 6.45) is 15.5. The average molecular weight is 445 g/mol. The second-order valence-corrected chi connectivity index (χ2v) is 13.4. The molecule has 4 aliphatic rings. The summed E-state index contributed by atoms with van der Waals surface area (Å²) in [4.78, 5) is 0. The van der Waals surface area contributed by atoms with Crippen molar-refractivity contribution < 1.29 is 10.2 Å². The average Bonchev–Trinajstić information content (AvgIpc) is 3.09. The minimum atomic E-state index is -0.142. The predicted molar refractivity (Wildman–Crippen MR) is 134 cm³/mol. The van der Waals surface area contributed by atoms with Gasteiger partial charge in [0.25, 0.3) is 0 Å². The first-order valence-corrected chi connectivity index (χ1v) is 14.2. The maximum Gasteiger partial charge on any atom is 0.0577 e. The van der Waals surface area contributed by atoms with Gasteiger partial charge in [-0.2, -0.15) is 0 Å². The minimum absolute atomic E-state index is 0.106. The Labute approximate surface area is 198 Å². The molecule has 0 aromatic heterocycles. The SMILES string of the molecule is CCC[C@@H](C(C)C)[C@@H](O)C[C@@H](C)[C@H]1CCC2C3CC=C4C[C@@H](O)CC[C@]4(C)C3CC[C@@]21C. The van der Waals surface area contributed by atoms with Crippen LogP contribution in [0.4, 0.5) is 0 Å². The standard InChI is InChI=1S/C30H52O2/c1-7-8-23(19(2)3)28(32)17-20(4)25-11-12-26-24-10-9-21-18-22(31)13-15-29(21,5)27(24)14-16-30(25,26)6/h9,19-20,22-28,31-32H,7-8,10-18H2,1-6H3/t20-,22+,23+,24?,25-,26?,27?,28+,29+,30-/m1/s1. The van der Waals surface area contributed by atoms with E-state index in [-0.39, 0.29) is 12.2 Å². The van der Waals surface area contributed by atoms with Crippen LogP contribution >= 0.6 is 0 Å². The highest BCUT2D eigenvalue weighted by Crippen LogP contribution is 2.67. The summed E-state index contributed by atoms with van der Waals surface area (Å²) in [6.45, 7) is 14.5. The van der Waals surface area contributed by atoms with Crippen molar-refractivity contribution in [3.63, 3.8) is 0 Å². The Morgan fingerprint density at radius 1 is 1.03 bits per heavy atom. The maximum atomic E-state index is 11.2. The van der Waals surface area contributed by atoms with E-state index in [4.69, 9.17) is 0 Å². The van der Waals surface area contributed by atoms with Crippen LogP contribution < -0.4 is 0 Å². The number of rotatable bonds is 7. The van der Waals surface area contributed by atoms with E-state index in [1.54, 1.807) is 5.57 Å². The molecule has 0 aromatic carbocycles. The fourth-order valence-corrected chi connectivity index (χ4v) is 9.64. The lowest BCUT2D eigenvalue weighted by Crippen LogP contribution is -2.51. The molecule has 2 N–H and O–H groups in total. The normalized spacial score (nSPS) is 44.3. The van der Waals surface area contributed by atoms with Crippen LogP contribution in [0.5, 0.6) is 0 Å². The van der Waals surface area contributed by atoms with Crippen molar-refractivity contribution in [1.29, 1.82) is 0 Å². The largest absolute Gasteiger partial charge is 0.393 e. The Morgan fingerprint density at radius 3 is 2.47 bits per heavy atom. The first kappa shape index (κ1) is 24.8. The summed E-state index contributed by atoms with van der Waals surface area (Å²) in [5, 5.41) is 21.4. The second kappa shape index (κ2) is 9.37. The number of aliphatic hydroxyl groups excluding tert-OH is 2. The summed E-state index contributed by atoms with van der Waals surface area (Å²) in [7, 11) is 0. The fourth-order valence-electron chi connectivity index (χ4n) is 9.64. The molecule has 10 atom stereocenters. The van der Waals surface area contributed by atoms with Crippen LogP contribution in [0.15, 0.2) is 11.6 Å². The van der Waals surface area contributed by atoms with Crippen LogP contribution in [0.25, 0.3) is 0 Å². The molecule has 3 saturated carbocycles. The number of fused-ring (bicyclic) bond motifs is 5. The minimum Gasteiger partial charge on any atom is -0.393 e. The van der Waals surface area contributed by atoms with Gasteiger partial charge < -0.3 is 10.2 Å². The van der Waals surface area contributed by atoms with E-state index in [9.17, 15) is 10.2 Å². The van der Waals surface area contributed by atoms with Gasteiger partial charge in [-0.3, -0.25) is 0 Å². The lowest BCUT2D eigenvalue weighted by molar-refractivity contribution is -0.0614. The first-order chi connectivity index (χ1) is 15.1. The molecule has 0 amide bonds. The van der Waals surface area contributed by atoms with Gasteiger partial charge in [0, 0.05) is 0 Å². The zero-order valence-electron chi connectivity index (χ0n) is 21.9. The van der Waals surface area contributed by atoms with Crippen LogP contribution in [-0.2, 0) is 0 Å². The Kier molecular flexibility index (Phi) is 7.25. The van der Waals surface area contributed by atoms with Gasteiger partial charge in [-0.1, -0.05) is 59.6 Å². The van der Waals surface area contributed by atoms with E-state index in [2.05, 4.69) is 47.6 Å². The molecule has 0 spiro atoms. The van der Waals surface area contributed by atoms with Crippen molar-refractivity contribution in [2.75, 3.05) is 0 Å². The van der Waals surface area contributed by atoms with E-state index >= 15 is 0 Å². The van der Waals surface area contributed by atoms with E-state index in [0.717, 1.165) is 49.4 Å². The molecule has 32 heavy (non-hydrogen) atoms. The van der Waals surface area contributed by atoms with E-state index < -0.39 is 0 Å². The zero-order valence-corrected chi connectivity index (χ0v) is 21.9. The number of hydrogen-bond acceptors (Lipinski definition) is 2. The number of aliphatic hydroxyl groups is 2. The molecule has 4 rings (SSSR count). The molecule has 0 heterocycles. The molecule has 4 aliphatic carbocycles. The van der Waals surface area contributed by atoms with Gasteiger partial charge in [-0.15, -0.1) is 0 Å². The molecule has 0 aromatic rings. The third kappa shape index (κ3) is 4.15. The van der Waals surface area contributed by atoms with Crippen LogP contribution in [0, 0.1) is 52.3 Å². The number of allylic oxidation sites excluding steroid dienone is 1. The van der Waals surface area contributed by atoms with Gasteiger partial charge in [0.05, 0.1) is 12.2 Å². The van der Waals surface area contributed by atoms with Gasteiger partial charge in [0.2, 0.25) is 0 Å². The Hall–Kier alpha value is -0.340. The third-order valence-corrected chi connectivity index (χ3v) is 11.4. The second-order valence-electron chi connectivity index (χ2n) is 13.4. The summed E-state index contributed by atoms with van der Waals surface area (Å²) in [5.41, 5.74) is 2.38. The highest BCUT2D eigenvalue weighted by Gasteiger charge is 2.59. The first-order valence-electron chi connectivity index (χ1n) is 14.2. The van der Waals surface area contributed by atoms with Gasteiger partial charge in [0.15, 0.2) is 0 Å². The van der Waals surface area contributed by atoms with Crippen LogP contribution in [-0.4, -0.2) is 22.4 Å².